The van der Waals surface area contributed by atoms with Crippen molar-refractivity contribution >= 4 is 27.9 Å². The molecule has 0 spiro atoms. The zero-order valence-electron chi connectivity index (χ0n) is 17.3. The lowest BCUT2D eigenvalue weighted by Crippen LogP contribution is -2.16. The standard InChI is InChI=1S/C23H22N4O3S/c1-3-7-20-26-27-21(28)13-17(25-23(27)31-20)14-30-18-10-6-9-16(12-18)24-22(29)19-11-5-4-8-15(19)2/h4-6,8-13H,3,7,14H2,1-2H3,(H,24,29). The molecule has 0 bridgehead atoms. The number of benzene rings is 2. The summed E-state index contributed by atoms with van der Waals surface area (Å²) in [5.41, 5.74) is 2.47. The largest absolute Gasteiger partial charge is 0.487 e. The molecule has 2 aromatic carbocycles. The van der Waals surface area contributed by atoms with Gasteiger partial charge in [-0.1, -0.05) is 42.5 Å². The lowest BCUT2D eigenvalue weighted by atomic mass is 10.1. The molecule has 4 rings (SSSR count). The third-order valence-corrected chi connectivity index (χ3v) is 5.64. The number of amides is 1. The van der Waals surface area contributed by atoms with Crippen molar-refractivity contribution in [1.29, 1.82) is 0 Å². The van der Waals surface area contributed by atoms with Crippen LogP contribution in [0.5, 0.6) is 5.75 Å². The second-order valence-electron chi connectivity index (χ2n) is 7.11. The van der Waals surface area contributed by atoms with Gasteiger partial charge in [0.2, 0.25) is 4.96 Å². The number of nitrogens with zero attached hydrogens (tertiary/aromatic N) is 3. The third-order valence-electron chi connectivity index (χ3n) is 4.67. The Labute approximate surface area is 183 Å². The summed E-state index contributed by atoms with van der Waals surface area (Å²) in [4.78, 5) is 29.9. The van der Waals surface area contributed by atoms with Gasteiger partial charge in [-0.2, -0.15) is 9.61 Å². The summed E-state index contributed by atoms with van der Waals surface area (Å²) in [6, 6.07) is 16.0. The van der Waals surface area contributed by atoms with Gasteiger partial charge in [0.05, 0.1) is 5.69 Å². The van der Waals surface area contributed by atoms with E-state index in [1.54, 1.807) is 30.3 Å². The van der Waals surface area contributed by atoms with Gasteiger partial charge < -0.3 is 10.1 Å². The van der Waals surface area contributed by atoms with E-state index >= 15 is 0 Å². The van der Waals surface area contributed by atoms with Gasteiger partial charge in [0.15, 0.2) is 0 Å². The molecule has 7 nitrogen and oxygen atoms in total. The highest BCUT2D eigenvalue weighted by Gasteiger charge is 2.11. The van der Waals surface area contributed by atoms with Crippen LogP contribution in [0.3, 0.4) is 0 Å². The molecular formula is C23H22N4O3S. The minimum atomic E-state index is -0.221. The minimum absolute atomic E-state index is 0.141. The van der Waals surface area contributed by atoms with Crippen molar-refractivity contribution < 1.29 is 9.53 Å². The average molecular weight is 435 g/mol. The van der Waals surface area contributed by atoms with E-state index in [-0.39, 0.29) is 18.1 Å². The quantitative estimate of drug-likeness (QED) is 0.470. The fraction of sp³-hybridized carbons (Fsp3) is 0.217. The number of aromatic nitrogens is 3. The summed E-state index contributed by atoms with van der Waals surface area (Å²) < 4.78 is 7.16. The Morgan fingerprint density at radius 1 is 1.16 bits per heavy atom. The zero-order valence-corrected chi connectivity index (χ0v) is 18.1. The molecule has 0 aliphatic heterocycles. The van der Waals surface area contributed by atoms with E-state index in [0.29, 0.717) is 27.7 Å². The highest BCUT2D eigenvalue weighted by atomic mass is 32.1. The molecule has 158 valence electrons. The predicted molar refractivity (Wildman–Crippen MR) is 121 cm³/mol. The summed E-state index contributed by atoms with van der Waals surface area (Å²) in [6.07, 6.45) is 1.78. The maximum Gasteiger partial charge on any atom is 0.275 e. The van der Waals surface area contributed by atoms with E-state index in [0.717, 1.165) is 23.4 Å². The van der Waals surface area contributed by atoms with Crippen LogP contribution in [0, 0.1) is 6.92 Å². The summed E-state index contributed by atoms with van der Waals surface area (Å²) in [5.74, 6) is 0.393. The summed E-state index contributed by atoms with van der Waals surface area (Å²) in [7, 11) is 0. The molecule has 0 saturated carbocycles. The number of hydrogen-bond acceptors (Lipinski definition) is 6. The Bertz CT molecular complexity index is 1300. The highest BCUT2D eigenvalue weighted by molar-refractivity contribution is 7.16. The SMILES string of the molecule is CCCc1nn2c(=O)cc(COc3cccc(NC(=O)c4ccccc4C)c3)nc2s1. The molecule has 0 unspecified atom stereocenters. The second kappa shape index (κ2) is 9.09. The average Bonchev–Trinajstić information content (AvgIpc) is 3.16. The maximum absolute atomic E-state index is 12.5. The number of ether oxygens (including phenoxy) is 1. The molecule has 8 heteroatoms. The lowest BCUT2D eigenvalue weighted by molar-refractivity contribution is 0.102. The first-order valence-corrected chi connectivity index (χ1v) is 10.8. The predicted octanol–water partition coefficient (Wildman–Crippen LogP) is 4.24. The molecular weight excluding hydrogens is 412 g/mol. The van der Waals surface area contributed by atoms with Crippen LogP contribution in [0.2, 0.25) is 0 Å². The van der Waals surface area contributed by atoms with E-state index in [1.807, 2.05) is 25.1 Å². The molecule has 1 amide bonds. The van der Waals surface area contributed by atoms with E-state index in [9.17, 15) is 9.59 Å². The van der Waals surface area contributed by atoms with Crippen molar-refractivity contribution in [3.8, 4) is 5.75 Å². The third kappa shape index (κ3) is 4.80. The molecule has 0 atom stereocenters. The van der Waals surface area contributed by atoms with Crippen LogP contribution in [0.25, 0.3) is 4.96 Å². The molecule has 4 aromatic rings. The van der Waals surface area contributed by atoms with Crippen molar-refractivity contribution in [2.24, 2.45) is 0 Å². The first kappa shape index (κ1) is 20.7. The highest BCUT2D eigenvalue weighted by Crippen LogP contribution is 2.20. The minimum Gasteiger partial charge on any atom is -0.487 e. The fourth-order valence-electron chi connectivity index (χ4n) is 3.13. The number of aryl methyl sites for hydroxylation is 2. The summed E-state index contributed by atoms with van der Waals surface area (Å²) >= 11 is 1.42. The van der Waals surface area contributed by atoms with E-state index in [1.165, 1.54) is 21.9 Å². The van der Waals surface area contributed by atoms with Gasteiger partial charge in [0.25, 0.3) is 11.5 Å². The van der Waals surface area contributed by atoms with Crippen molar-refractivity contribution in [3.63, 3.8) is 0 Å². The Kier molecular flexibility index (Phi) is 6.08. The Morgan fingerprint density at radius 2 is 2.00 bits per heavy atom. The molecule has 0 aliphatic carbocycles. The molecule has 1 N–H and O–H groups in total. The molecule has 0 aliphatic rings. The Hall–Kier alpha value is -3.52. The van der Waals surface area contributed by atoms with Crippen LogP contribution < -0.4 is 15.6 Å². The van der Waals surface area contributed by atoms with E-state index in [2.05, 4.69) is 22.3 Å². The van der Waals surface area contributed by atoms with Crippen LogP contribution in [0.1, 0.15) is 40.0 Å². The molecule has 2 aromatic heterocycles. The monoisotopic (exact) mass is 434 g/mol. The molecule has 0 fully saturated rings. The van der Waals surface area contributed by atoms with Crippen LogP contribution in [-0.4, -0.2) is 20.5 Å². The van der Waals surface area contributed by atoms with Crippen LogP contribution in [-0.2, 0) is 13.0 Å². The number of fused-ring (bicyclic) bond motifs is 1. The number of nitrogens with one attached hydrogen (secondary N) is 1. The fourth-order valence-corrected chi connectivity index (χ4v) is 4.15. The number of rotatable bonds is 7. The topological polar surface area (TPSA) is 85.6 Å². The first-order valence-electron chi connectivity index (χ1n) is 10.0. The van der Waals surface area contributed by atoms with Crippen molar-refractivity contribution in [2.45, 2.75) is 33.3 Å². The van der Waals surface area contributed by atoms with Gasteiger partial charge in [-0.15, -0.1) is 0 Å². The van der Waals surface area contributed by atoms with Gasteiger partial charge in [0, 0.05) is 29.8 Å². The summed E-state index contributed by atoms with van der Waals surface area (Å²) in [5, 5.41) is 8.09. The first-order chi connectivity index (χ1) is 15.0. The number of carbonyl (C=O) groups excluding carboxylic acids is 1. The summed E-state index contributed by atoms with van der Waals surface area (Å²) in [6.45, 7) is 4.11. The zero-order chi connectivity index (χ0) is 21.8. The van der Waals surface area contributed by atoms with Gasteiger partial charge in [-0.3, -0.25) is 9.59 Å². The molecule has 2 heterocycles. The number of anilines is 1. The smallest absolute Gasteiger partial charge is 0.275 e. The normalized spacial score (nSPS) is 10.9. The van der Waals surface area contributed by atoms with Gasteiger partial charge in [-0.05, 0) is 37.1 Å². The molecule has 31 heavy (non-hydrogen) atoms. The van der Waals surface area contributed by atoms with Crippen molar-refractivity contribution in [2.75, 3.05) is 5.32 Å². The molecule has 0 saturated heterocycles. The Morgan fingerprint density at radius 3 is 2.81 bits per heavy atom. The maximum atomic E-state index is 12.5. The van der Waals surface area contributed by atoms with Crippen LogP contribution in [0.15, 0.2) is 59.4 Å². The lowest BCUT2D eigenvalue weighted by Gasteiger charge is -2.10. The number of carbonyl (C=O) groups is 1. The van der Waals surface area contributed by atoms with Gasteiger partial charge in [0.1, 0.15) is 17.4 Å². The van der Waals surface area contributed by atoms with Gasteiger partial charge in [-0.25, -0.2) is 4.98 Å². The van der Waals surface area contributed by atoms with Crippen LogP contribution >= 0.6 is 11.3 Å². The van der Waals surface area contributed by atoms with E-state index < -0.39 is 0 Å². The Balaban J connectivity index is 1.46. The van der Waals surface area contributed by atoms with Crippen molar-refractivity contribution in [3.05, 3.63) is 86.8 Å². The van der Waals surface area contributed by atoms with Gasteiger partial charge >= 0.3 is 0 Å². The molecule has 0 radical (unpaired) electrons. The van der Waals surface area contributed by atoms with Crippen LogP contribution in [0.4, 0.5) is 5.69 Å². The van der Waals surface area contributed by atoms with Crippen molar-refractivity contribution in [1.82, 2.24) is 14.6 Å². The van der Waals surface area contributed by atoms with E-state index in [4.69, 9.17) is 4.74 Å². The second-order valence-corrected chi connectivity index (χ2v) is 8.15. The number of hydrogen-bond donors (Lipinski definition) is 1.